The van der Waals surface area contributed by atoms with Gasteiger partial charge in [-0.25, -0.2) is 4.79 Å². The van der Waals surface area contributed by atoms with Crippen molar-refractivity contribution < 1.29 is 19.1 Å². The average Bonchev–Trinajstić information content (AvgIpc) is 3.11. The lowest BCUT2D eigenvalue weighted by molar-refractivity contribution is 0.148. The van der Waals surface area contributed by atoms with Crippen molar-refractivity contribution >= 4 is 6.03 Å². The van der Waals surface area contributed by atoms with Gasteiger partial charge in [-0.2, -0.15) is 0 Å². The molecule has 0 saturated heterocycles. The largest absolute Gasteiger partial charge is 0.497 e. The molecule has 1 aromatic carbocycles. The Morgan fingerprint density at radius 2 is 2.17 bits per heavy atom. The molecular weight excluding hydrogens is 296 g/mol. The molecular formula is C17H22N2O4. The number of nitrogens with one attached hydrogen (secondary N) is 2. The van der Waals surface area contributed by atoms with Gasteiger partial charge in [0.15, 0.2) is 0 Å². The number of ether oxygens (including phenoxy) is 1. The molecule has 2 aromatic rings. The molecule has 0 spiro atoms. The molecule has 124 valence electrons. The quantitative estimate of drug-likeness (QED) is 0.652. The molecule has 1 aromatic heterocycles. The van der Waals surface area contributed by atoms with Crippen molar-refractivity contribution in [3.8, 4) is 5.75 Å². The fraction of sp³-hybridized carbons (Fsp3) is 0.353. The predicted molar refractivity (Wildman–Crippen MR) is 86.4 cm³/mol. The monoisotopic (exact) mass is 318 g/mol. The molecule has 23 heavy (non-hydrogen) atoms. The molecule has 0 radical (unpaired) electrons. The van der Waals surface area contributed by atoms with E-state index >= 15 is 0 Å². The van der Waals surface area contributed by atoms with Crippen LogP contribution in [0.2, 0.25) is 0 Å². The summed E-state index contributed by atoms with van der Waals surface area (Å²) in [6.45, 7) is 0.662. The van der Waals surface area contributed by atoms with Crippen molar-refractivity contribution in [2.24, 2.45) is 0 Å². The van der Waals surface area contributed by atoms with Crippen LogP contribution < -0.4 is 15.4 Å². The number of aliphatic hydroxyl groups is 1. The van der Waals surface area contributed by atoms with Gasteiger partial charge in [0.1, 0.15) is 17.6 Å². The Bertz CT molecular complexity index is 598. The Morgan fingerprint density at radius 1 is 1.30 bits per heavy atom. The summed E-state index contributed by atoms with van der Waals surface area (Å²) < 4.78 is 10.2. The standard InChI is InChI=1S/C17H22N2O4/c1-22-14-7-2-5-13(11-14)6-3-9-18-17(21)19-12-15(20)16-8-4-10-23-16/h2,4-5,7-8,10-11,15,20H,3,6,9,12H2,1H3,(H2,18,19,21). The van der Waals surface area contributed by atoms with Crippen LogP contribution in [0.4, 0.5) is 4.79 Å². The highest BCUT2D eigenvalue weighted by molar-refractivity contribution is 5.73. The van der Waals surface area contributed by atoms with Crippen molar-refractivity contribution in [3.05, 3.63) is 54.0 Å². The lowest BCUT2D eigenvalue weighted by atomic mass is 10.1. The van der Waals surface area contributed by atoms with Crippen molar-refractivity contribution in [2.45, 2.75) is 18.9 Å². The molecule has 1 atom stereocenters. The lowest BCUT2D eigenvalue weighted by Crippen LogP contribution is -2.38. The number of methoxy groups -OCH3 is 1. The van der Waals surface area contributed by atoms with E-state index in [9.17, 15) is 9.90 Å². The number of hydrogen-bond acceptors (Lipinski definition) is 4. The molecule has 6 heteroatoms. The summed E-state index contributed by atoms with van der Waals surface area (Å²) in [6, 6.07) is 10.9. The summed E-state index contributed by atoms with van der Waals surface area (Å²) >= 11 is 0. The summed E-state index contributed by atoms with van der Waals surface area (Å²) in [4.78, 5) is 11.6. The Morgan fingerprint density at radius 3 is 2.91 bits per heavy atom. The lowest BCUT2D eigenvalue weighted by Gasteiger charge is -2.11. The maximum Gasteiger partial charge on any atom is 0.314 e. The van der Waals surface area contributed by atoms with Crippen LogP contribution in [0, 0.1) is 0 Å². The van der Waals surface area contributed by atoms with E-state index in [0.717, 1.165) is 18.6 Å². The highest BCUT2D eigenvalue weighted by Gasteiger charge is 2.11. The van der Waals surface area contributed by atoms with Crippen molar-refractivity contribution in [1.29, 1.82) is 0 Å². The maximum absolute atomic E-state index is 11.6. The first-order chi connectivity index (χ1) is 11.2. The number of aliphatic hydroxyl groups excluding tert-OH is 1. The van der Waals surface area contributed by atoms with E-state index < -0.39 is 6.10 Å². The van der Waals surface area contributed by atoms with Crippen LogP contribution in [0.1, 0.15) is 23.8 Å². The summed E-state index contributed by atoms with van der Waals surface area (Å²) in [5.41, 5.74) is 1.17. The van der Waals surface area contributed by atoms with Crippen molar-refractivity contribution in [3.63, 3.8) is 0 Å². The molecule has 1 unspecified atom stereocenters. The Labute approximate surface area is 135 Å². The number of benzene rings is 1. The molecule has 0 aliphatic carbocycles. The third-order valence-corrected chi connectivity index (χ3v) is 3.39. The van der Waals surface area contributed by atoms with Gasteiger partial charge < -0.3 is 24.9 Å². The van der Waals surface area contributed by atoms with Gasteiger partial charge in [-0.3, -0.25) is 0 Å². The zero-order valence-electron chi connectivity index (χ0n) is 13.1. The van der Waals surface area contributed by atoms with Crippen LogP contribution in [-0.2, 0) is 6.42 Å². The predicted octanol–water partition coefficient (Wildman–Crippen LogP) is 2.25. The molecule has 2 rings (SSSR count). The van der Waals surface area contributed by atoms with Gasteiger partial charge in [0.05, 0.1) is 19.9 Å². The second-order valence-electron chi connectivity index (χ2n) is 5.12. The highest BCUT2D eigenvalue weighted by atomic mass is 16.5. The highest BCUT2D eigenvalue weighted by Crippen LogP contribution is 2.13. The minimum absolute atomic E-state index is 0.106. The first-order valence-electron chi connectivity index (χ1n) is 7.55. The summed E-state index contributed by atoms with van der Waals surface area (Å²) in [6.07, 6.45) is 2.32. The SMILES string of the molecule is COc1cccc(CCCNC(=O)NCC(O)c2ccco2)c1. The molecule has 0 fully saturated rings. The van der Waals surface area contributed by atoms with Crippen molar-refractivity contribution in [2.75, 3.05) is 20.2 Å². The van der Waals surface area contributed by atoms with Crippen LogP contribution in [0.25, 0.3) is 0 Å². The third-order valence-electron chi connectivity index (χ3n) is 3.39. The van der Waals surface area contributed by atoms with E-state index in [1.165, 1.54) is 11.8 Å². The molecule has 6 nitrogen and oxygen atoms in total. The fourth-order valence-corrected chi connectivity index (χ4v) is 2.16. The van der Waals surface area contributed by atoms with Crippen molar-refractivity contribution in [1.82, 2.24) is 10.6 Å². The van der Waals surface area contributed by atoms with E-state index in [4.69, 9.17) is 9.15 Å². The molecule has 0 bridgehead atoms. The van der Waals surface area contributed by atoms with Gasteiger partial charge in [0.2, 0.25) is 0 Å². The smallest absolute Gasteiger partial charge is 0.314 e. The van der Waals surface area contributed by atoms with Gasteiger partial charge >= 0.3 is 6.03 Å². The second-order valence-corrected chi connectivity index (χ2v) is 5.12. The van der Waals surface area contributed by atoms with Crippen LogP contribution in [0.15, 0.2) is 47.1 Å². The summed E-state index contributed by atoms with van der Waals surface area (Å²) in [5.74, 6) is 1.27. The minimum Gasteiger partial charge on any atom is -0.497 e. The Balaban J connectivity index is 1.61. The fourth-order valence-electron chi connectivity index (χ4n) is 2.16. The molecule has 0 aliphatic heterocycles. The molecule has 3 N–H and O–H groups in total. The van der Waals surface area contributed by atoms with E-state index in [1.54, 1.807) is 19.2 Å². The van der Waals surface area contributed by atoms with Gasteiger partial charge in [-0.15, -0.1) is 0 Å². The molecule has 2 amide bonds. The molecule has 0 saturated carbocycles. The van der Waals surface area contributed by atoms with E-state index in [2.05, 4.69) is 10.6 Å². The number of carbonyl (C=O) groups excluding carboxylic acids is 1. The zero-order valence-corrected chi connectivity index (χ0v) is 13.1. The summed E-state index contributed by atoms with van der Waals surface area (Å²) in [5, 5.41) is 15.1. The average molecular weight is 318 g/mol. The van der Waals surface area contributed by atoms with Crippen LogP contribution in [-0.4, -0.2) is 31.3 Å². The minimum atomic E-state index is -0.840. The first-order valence-corrected chi connectivity index (χ1v) is 7.55. The maximum atomic E-state index is 11.6. The first kappa shape index (κ1) is 16.9. The summed E-state index contributed by atoms with van der Waals surface area (Å²) in [7, 11) is 1.64. The van der Waals surface area contributed by atoms with E-state index in [0.29, 0.717) is 12.3 Å². The van der Waals surface area contributed by atoms with Gasteiger partial charge in [0, 0.05) is 6.54 Å². The van der Waals surface area contributed by atoms with E-state index in [1.807, 2.05) is 24.3 Å². The molecule has 0 aliphatic rings. The normalized spacial score (nSPS) is 11.7. The number of carbonyl (C=O) groups is 1. The number of aryl methyl sites for hydroxylation is 1. The zero-order chi connectivity index (χ0) is 16.5. The Hall–Kier alpha value is -2.47. The van der Waals surface area contributed by atoms with Gasteiger partial charge in [-0.05, 0) is 42.7 Å². The van der Waals surface area contributed by atoms with E-state index in [-0.39, 0.29) is 12.6 Å². The number of furan rings is 1. The van der Waals surface area contributed by atoms with Gasteiger partial charge in [-0.1, -0.05) is 12.1 Å². The second kappa shape index (κ2) is 8.85. The molecule has 1 heterocycles. The topological polar surface area (TPSA) is 83.7 Å². The van der Waals surface area contributed by atoms with Crippen LogP contribution >= 0.6 is 0 Å². The number of urea groups is 1. The van der Waals surface area contributed by atoms with Gasteiger partial charge in [0.25, 0.3) is 0 Å². The van der Waals surface area contributed by atoms with Crippen LogP contribution in [0.5, 0.6) is 5.75 Å². The number of hydrogen-bond donors (Lipinski definition) is 3. The van der Waals surface area contributed by atoms with Crippen LogP contribution in [0.3, 0.4) is 0 Å². The number of rotatable bonds is 8. The number of amides is 2. The Kier molecular flexibility index (Phi) is 6.50. The third kappa shape index (κ3) is 5.67.